The first-order valence-corrected chi connectivity index (χ1v) is 11.9. The molecule has 1 atom stereocenters. The summed E-state index contributed by atoms with van der Waals surface area (Å²) in [5.74, 6) is -0.101. The Labute approximate surface area is 218 Å². The molecule has 1 amide bonds. The number of ether oxygens (including phenoxy) is 5. The van der Waals surface area contributed by atoms with Crippen LogP contribution >= 0.6 is 0 Å². The van der Waals surface area contributed by atoms with Gasteiger partial charge in [-0.15, -0.1) is 0 Å². The highest BCUT2D eigenvalue weighted by molar-refractivity contribution is 6.46. The summed E-state index contributed by atoms with van der Waals surface area (Å²) < 4.78 is 29.6. The lowest BCUT2D eigenvalue weighted by atomic mass is 9.93. The van der Waals surface area contributed by atoms with Gasteiger partial charge in [0.2, 0.25) is 18.3 Å². The zero-order chi connectivity index (χ0) is 26.8. The van der Waals surface area contributed by atoms with E-state index in [1.165, 1.54) is 26.2 Å². The maximum atomic E-state index is 13.5. The van der Waals surface area contributed by atoms with Crippen molar-refractivity contribution in [3.05, 3.63) is 65.8 Å². The van der Waals surface area contributed by atoms with E-state index in [-0.39, 0.29) is 30.4 Å². The Kier molecular flexibility index (Phi) is 6.82. The number of Topliss-reactive ketones (excluding diaryl/α,β-unsaturated/α-hetero) is 1. The van der Waals surface area contributed by atoms with Crippen molar-refractivity contribution >= 4 is 17.4 Å². The first kappa shape index (κ1) is 25.0. The molecule has 0 radical (unpaired) electrons. The molecule has 38 heavy (non-hydrogen) atoms. The molecule has 3 aromatic rings. The number of aromatic nitrogens is 2. The third-order valence-corrected chi connectivity index (χ3v) is 6.57. The molecule has 3 heterocycles. The van der Waals surface area contributed by atoms with Crippen molar-refractivity contribution in [1.82, 2.24) is 14.5 Å². The predicted molar refractivity (Wildman–Crippen MR) is 135 cm³/mol. The van der Waals surface area contributed by atoms with Crippen LogP contribution in [0.25, 0.3) is 5.76 Å². The van der Waals surface area contributed by atoms with Gasteiger partial charge in [0.25, 0.3) is 11.7 Å². The van der Waals surface area contributed by atoms with Crippen molar-refractivity contribution in [2.45, 2.75) is 19.0 Å². The molecule has 2 aliphatic rings. The number of rotatable bonds is 9. The Morgan fingerprint density at radius 2 is 1.89 bits per heavy atom. The number of hydrogen-bond donors (Lipinski definition) is 1. The van der Waals surface area contributed by atoms with Crippen LogP contribution in [0.2, 0.25) is 0 Å². The number of hydrogen-bond acceptors (Lipinski definition) is 9. The van der Waals surface area contributed by atoms with Crippen LogP contribution in [0.15, 0.2) is 54.6 Å². The molecule has 0 spiro atoms. The van der Waals surface area contributed by atoms with Gasteiger partial charge < -0.3 is 38.3 Å². The van der Waals surface area contributed by atoms with Crippen LogP contribution in [-0.4, -0.2) is 65.9 Å². The molecule has 0 bridgehead atoms. The van der Waals surface area contributed by atoms with Crippen LogP contribution < -0.4 is 23.7 Å². The topological polar surface area (TPSA) is 122 Å². The number of carbonyl (C=O) groups excluding carboxylic acids is 2. The van der Waals surface area contributed by atoms with Crippen LogP contribution in [-0.2, 0) is 16.1 Å². The molecule has 1 aromatic heterocycles. The second kappa shape index (κ2) is 10.4. The number of carbonyl (C=O) groups is 2. The number of amides is 1. The molecule has 0 saturated carbocycles. The smallest absolute Gasteiger partial charge is 0.295 e. The van der Waals surface area contributed by atoms with Crippen molar-refractivity contribution in [1.29, 1.82) is 0 Å². The Morgan fingerprint density at radius 1 is 1.08 bits per heavy atom. The molecule has 0 aliphatic carbocycles. The summed E-state index contributed by atoms with van der Waals surface area (Å²) in [4.78, 5) is 32.3. The van der Waals surface area contributed by atoms with Gasteiger partial charge in [-0.1, -0.05) is 12.1 Å². The lowest BCUT2D eigenvalue weighted by molar-refractivity contribution is -0.140. The third-order valence-electron chi connectivity index (χ3n) is 6.57. The van der Waals surface area contributed by atoms with Crippen molar-refractivity contribution in [3.8, 4) is 28.7 Å². The molecule has 5 rings (SSSR count). The van der Waals surface area contributed by atoms with Crippen LogP contribution in [0.4, 0.5) is 0 Å². The Balaban J connectivity index is 1.66. The minimum absolute atomic E-state index is 0.0413. The van der Waals surface area contributed by atoms with E-state index >= 15 is 0 Å². The summed E-state index contributed by atoms with van der Waals surface area (Å²) in [6.07, 6.45) is 5.70. The lowest BCUT2D eigenvalue weighted by Crippen LogP contribution is -2.31. The van der Waals surface area contributed by atoms with Crippen molar-refractivity contribution in [2.24, 2.45) is 0 Å². The highest BCUT2D eigenvalue weighted by atomic mass is 16.7. The summed E-state index contributed by atoms with van der Waals surface area (Å²) in [5.41, 5.74) is 0.669. The molecule has 1 N–H and O–H groups in total. The fourth-order valence-corrected chi connectivity index (χ4v) is 4.80. The quantitative estimate of drug-likeness (QED) is 0.257. The molecule has 11 nitrogen and oxygen atoms in total. The summed E-state index contributed by atoms with van der Waals surface area (Å²) in [6, 6.07) is 7.30. The lowest BCUT2D eigenvalue weighted by Gasteiger charge is -2.27. The Bertz CT molecular complexity index is 1400. The number of imidazole rings is 1. The van der Waals surface area contributed by atoms with E-state index in [0.717, 1.165) is 0 Å². The zero-order valence-corrected chi connectivity index (χ0v) is 21.2. The Morgan fingerprint density at radius 3 is 2.61 bits per heavy atom. The number of fused-ring (bicyclic) bond motifs is 1. The normalized spacial score (nSPS) is 17.7. The van der Waals surface area contributed by atoms with Crippen molar-refractivity contribution < 1.29 is 38.4 Å². The average Bonchev–Trinajstić information content (AvgIpc) is 3.69. The van der Waals surface area contributed by atoms with Gasteiger partial charge in [-0.05, 0) is 24.6 Å². The van der Waals surface area contributed by atoms with Gasteiger partial charge in [-0.25, -0.2) is 4.98 Å². The second-order valence-corrected chi connectivity index (χ2v) is 8.64. The molecule has 1 fully saturated rings. The van der Waals surface area contributed by atoms with Crippen LogP contribution in [0, 0.1) is 0 Å². The number of aryl methyl sites for hydroxylation is 1. The standard InChI is InChI=1S/C27H27N3O8/c1-34-17-7-4-6-16(12-17)22(31)20-21(18-13-19(35-2)25-26(24(18)36-3)38-15-37-25)30(27(33)23(20)32)10-5-9-29-11-8-28-14-29/h4,6-8,11-14,21,31H,5,9-10,15H2,1-3H3/b22-20+. The van der Waals surface area contributed by atoms with Gasteiger partial charge in [0, 0.05) is 36.6 Å². The number of nitrogens with zero attached hydrogens (tertiary/aromatic N) is 3. The van der Waals surface area contributed by atoms with E-state index in [1.807, 2.05) is 10.8 Å². The number of methoxy groups -OCH3 is 3. The SMILES string of the molecule is COc1cccc(/C(O)=C2\C(=O)C(=O)N(CCCn3ccnc3)C2c2cc(OC)c3c(c2OC)OCO3)c1. The first-order valence-electron chi connectivity index (χ1n) is 11.9. The molecule has 2 aliphatic heterocycles. The monoisotopic (exact) mass is 521 g/mol. The second-order valence-electron chi connectivity index (χ2n) is 8.64. The molecular formula is C27H27N3O8. The van der Waals surface area contributed by atoms with Crippen LogP contribution in [0.5, 0.6) is 28.7 Å². The summed E-state index contributed by atoms with van der Waals surface area (Å²) >= 11 is 0. The third kappa shape index (κ3) is 4.25. The van der Waals surface area contributed by atoms with Crippen molar-refractivity contribution in [2.75, 3.05) is 34.7 Å². The molecular weight excluding hydrogens is 494 g/mol. The minimum Gasteiger partial charge on any atom is -0.507 e. The Hall–Kier alpha value is -4.67. The molecule has 11 heteroatoms. The van der Waals surface area contributed by atoms with Gasteiger partial charge in [-0.2, -0.15) is 0 Å². The van der Waals surface area contributed by atoms with E-state index < -0.39 is 17.7 Å². The van der Waals surface area contributed by atoms with E-state index in [1.54, 1.807) is 42.9 Å². The van der Waals surface area contributed by atoms with E-state index in [4.69, 9.17) is 23.7 Å². The number of aliphatic hydroxyl groups excluding tert-OH is 1. The summed E-state index contributed by atoms with van der Waals surface area (Å²) in [5, 5.41) is 11.4. The predicted octanol–water partition coefficient (Wildman–Crippen LogP) is 3.15. The highest BCUT2D eigenvalue weighted by Gasteiger charge is 2.48. The van der Waals surface area contributed by atoms with Gasteiger partial charge >= 0.3 is 0 Å². The summed E-state index contributed by atoms with van der Waals surface area (Å²) in [6.45, 7) is 0.760. The van der Waals surface area contributed by atoms with E-state index in [0.29, 0.717) is 47.1 Å². The van der Waals surface area contributed by atoms with Gasteiger partial charge in [0.1, 0.15) is 11.5 Å². The maximum Gasteiger partial charge on any atom is 0.295 e. The largest absolute Gasteiger partial charge is 0.507 e. The maximum absolute atomic E-state index is 13.5. The molecule has 1 saturated heterocycles. The molecule has 2 aromatic carbocycles. The fourth-order valence-electron chi connectivity index (χ4n) is 4.80. The summed E-state index contributed by atoms with van der Waals surface area (Å²) in [7, 11) is 4.44. The van der Waals surface area contributed by atoms with Gasteiger partial charge in [0.15, 0.2) is 11.5 Å². The van der Waals surface area contributed by atoms with Gasteiger partial charge in [0.05, 0.1) is 39.3 Å². The van der Waals surface area contributed by atoms with Crippen LogP contribution in [0.1, 0.15) is 23.6 Å². The first-order chi connectivity index (χ1) is 18.5. The zero-order valence-electron chi connectivity index (χ0n) is 21.2. The van der Waals surface area contributed by atoms with Gasteiger partial charge in [-0.3, -0.25) is 9.59 Å². The average molecular weight is 522 g/mol. The van der Waals surface area contributed by atoms with E-state index in [9.17, 15) is 14.7 Å². The highest BCUT2D eigenvalue weighted by Crippen LogP contribution is 2.54. The molecule has 1 unspecified atom stereocenters. The molecule has 198 valence electrons. The minimum atomic E-state index is -0.984. The number of benzene rings is 2. The van der Waals surface area contributed by atoms with Crippen LogP contribution in [0.3, 0.4) is 0 Å². The number of likely N-dealkylation sites (tertiary alicyclic amines) is 1. The van der Waals surface area contributed by atoms with E-state index in [2.05, 4.69) is 4.98 Å². The van der Waals surface area contributed by atoms with Crippen molar-refractivity contribution in [3.63, 3.8) is 0 Å². The fraction of sp³-hybridized carbons (Fsp3) is 0.296. The number of aliphatic hydroxyl groups is 1. The number of ketones is 1.